The molecule has 1 heterocycles. The summed E-state index contributed by atoms with van der Waals surface area (Å²) >= 11 is 1.44. The number of thiazole rings is 1. The normalized spacial score (nSPS) is 11.8. The SMILES string of the molecule is C#CCn1c(=NC(=O)C(CCC)CCC)sc2cc(OC)c(OC)cc21. The molecule has 1 aromatic carbocycles. The van der Waals surface area contributed by atoms with Gasteiger partial charge in [0.2, 0.25) is 0 Å². The summed E-state index contributed by atoms with van der Waals surface area (Å²) in [6, 6.07) is 3.77. The molecule has 0 aliphatic heterocycles. The van der Waals surface area contributed by atoms with Crippen LogP contribution in [0.4, 0.5) is 0 Å². The van der Waals surface area contributed by atoms with Crippen LogP contribution in [0.15, 0.2) is 17.1 Å². The summed E-state index contributed by atoms with van der Waals surface area (Å²) in [6.45, 7) is 4.52. The zero-order valence-corrected chi connectivity index (χ0v) is 16.7. The van der Waals surface area contributed by atoms with E-state index >= 15 is 0 Å². The predicted molar refractivity (Wildman–Crippen MR) is 106 cm³/mol. The monoisotopic (exact) mass is 374 g/mol. The summed E-state index contributed by atoms with van der Waals surface area (Å²) in [5.74, 6) is 3.82. The fourth-order valence-corrected chi connectivity index (χ4v) is 4.04. The van der Waals surface area contributed by atoms with Crippen LogP contribution in [0.3, 0.4) is 0 Å². The van der Waals surface area contributed by atoms with Crippen LogP contribution in [0.5, 0.6) is 11.5 Å². The van der Waals surface area contributed by atoms with E-state index in [-0.39, 0.29) is 11.8 Å². The van der Waals surface area contributed by atoms with Crippen LogP contribution in [0, 0.1) is 18.3 Å². The second-order valence-electron chi connectivity index (χ2n) is 6.07. The maximum absolute atomic E-state index is 12.7. The first-order valence-electron chi connectivity index (χ1n) is 8.86. The summed E-state index contributed by atoms with van der Waals surface area (Å²) in [7, 11) is 3.19. The third-order valence-electron chi connectivity index (χ3n) is 4.27. The molecular formula is C20H26N2O3S. The van der Waals surface area contributed by atoms with Crippen molar-refractivity contribution in [2.75, 3.05) is 14.2 Å². The lowest BCUT2D eigenvalue weighted by Crippen LogP contribution is -2.20. The maximum Gasteiger partial charge on any atom is 0.251 e. The van der Waals surface area contributed by atoms with E-state index in [9.17, 15) is 4.79 Å². The van der Waals surface area contributed by atoms with E-state index in [1.54, 1.807) is 14.2 Å². The van der Waals surface area contributed by atoms with Gasteiger partial charge in [-0.05, 0) is 12.8 Å². The highest BCUT2D eigenvalue weighted by atomic mass is 32.1. The molecule has 1 aromatic heterocycles. The molecular weight excluding hydrogens is 348 g/mol. The fraction of sp³-hybridized carbons (Fsp3) is 0.500. The van der Waals surface area contributed by atoms with Crippen molar-refractivity contribution < 1.29 is 14.3 Å². The van der Waals surface area contributed by atoms with Crippen molar-refractivity contribution in [3.8, 4) is 23.8 Å². The van der Waals surface area contributed by atoms with Gasteiger partial charge in [0.15, 0.2) is 16.3 Å². The summed E-state index contributed by atoms with van der Waals surface area (Å²) in [5.41, 5.74) is 0.889. The first kappa shape index (κ1) is 20.1. The second kappa shape index (κ2) is 9.44. The number of terminal acetylenes is 1. The Labute approximate surface area is 158 Å². The van der Waals surface area contributed by atoms with Gasteiger partial charge in [-0.15, -0.1) is 6.42 Å². The van der Waals surface area contributed by atoms with Crippen LogP contribution in [0.25, 0.3) is 10.2 Å². The van der Waals surface area contributed by atoms with E-state index in [1.165, 1.54) is 11.3 Å². The molecule has 26 heavy (non-hydrogen) atoms. The lowest BCUT2D eigenvalue weighted by molar-refractivity contribution is -0.122. The number of carbonyl (C=O) groups excluding carboxylic acids is 1. The Balaban J connectivity index is 2.60. The quantitative estimate of drug-likeness (QED) is 0.656. The van der Waals surface area contributed by atoms with Gasteiger partial charge in [-0.2, -0.15) is 4.99 Å². The maximum atomic E-state index is 12.7. The van der Waals surface area contributed by atoms with E-state index in [0.717, 1.165) is 35.9 Å². The molecule has 0 unspecified atom stereocenters. The predicted octanol–water partition coefficient (Wildman–Crippen LogP) is 4.00. The summed E-state index contributed by atoms with van der Waals surface area (Å²) in [4.78, 5) is 17.7. The van der Waals surface area contributed by atoms with Crippen molar-refractivity contribution in [1.29, 1.82) is 0 Å². The third kappa shape index (κ3) is 4.28. The molecule has 0 aliphatic carbocycles. The molecule has 0 bridgehead atoms. The van der Waals surface area contributed by atoms with Crippen LogP contribution in [-0.4, -0.2) is 24.7 Å². The van der Waals surface area contributed by atoms with Crippen molar-refractivity contribution in [2.24, 2.45) is 10.9 Å². The summed E-state index contributed by atoms with van der Waals surface area (Å²) in [6.07, 6.45) is 9.20. The van der Waals surface area contributed by atoms with E-state index < -0.39 is 0 Å². The largest absolute Gasteiger partial charge is 0.493 e. The van der Waals surface area contributed by atoms with Crippen molar-refractivity contribution in [3.63, 3.8) is 0 Å². The molecule has 0 N–H and O–H groups in total. The fourth-order valence-electron chi connectivity index (χ4n) is 3.00. The number of nitrogens with zero attached hydrogens (tertiary/aromatic N) is 2. The lowest BCUT2D eigenvalue weighted by atomic mass is 9.98. The van der Waals surface area contributed by atoms with Gasteiger partial charge >= 0.3 is 0 Å². The van der Waals surface area contributed by atoms with Gasteiger partial charge in [-0.25, -0.2) is 0 Å². The number of amides is 1. The van der Waals surface area contributed by atoms with Gasteiger partial charge in [0.05, 0.1) is 31.0 Å². The van der Waals surface area contributed by atoms with Crippen LogP contribution in [0.2, 0.25) is 0 Å². The molecule has 0 aliphatic rings. The second-order valence-corrected chi connectivity index (χ2v) is 7.08. The molecule has 6 heteroatoms. The highest BCUT2D eigenvalue weighted by molar-refractivity contribution is 7.16. The van der Waals surface area contributed by atoms with Gasteiger partial charge in [0.25, 0.3) is 5.91 Å². The Morgan fingerprint density at radius 3 is 2.38 bits per heavy atom. The average Bonchev–Trinajstić information content (AvgIpc) is 2.96. The minimum Gasteiger partial charge on any atom is -0.493 e. The van der Waals surface area contributed by atoms with E-state index in [1.807, 2.05) is 16.7 Å². The number of fused-ring (bicyclic) bond motifs is 1. The molecule has 1 amide bonds. The van der Waals surface area contributed by atoms with Crippen molar-refractivity contribution in [1.82, 2.24) is 4.57 Å². The number of hydrogen-bond donors (Lipinski definition) is 0. The highest BCUT2D eigenvalue weighted by Crippen LogP contribution is 2.33. The van der Waals surface area contributed by atoms with E-state index in [4.69, 9.17) is 15.9 Å². The average molecular weight is 375 g/mol. The minimum atomic E-state index is -0.0649. The van der Waals surface area contributed by atoms with Gasteiger partial charge in [0, 0.05) is 18.1 Å². The van der Waals surface area contributed by atoms with E-state index in [2.05, 4.69) is 24.8 Å². The van der Waals surface area contributed by atoms with Gasteiger partial charge in [0.1, 0.15) is 0 Å². The Kier molecular flexibility index (Phi) is 7.28. The molecule has 2 aromatic rings. The number of aromatic nitrogens is 1. The third-order valence-corrected chi connectivity index (χ3v) is 5.31. The lowest BCUT2D eigenvalue weighted by Gasteiger charge is -2.10. The first-order chi connectivity index (χ1) is 12.6. The number of rotatable bonds is 8. The number of carbonyl (C=O) groups is 1. The number of benzene rings is 1. The molecule has 2 rings (SSSR count). The summed E-state index contributed by atoms with van der Waals surface area (Å²) in [5, 5.41) is 0. The topological polar surface area (TPSA) is 52.8 Å². The molecule has 0 fully saturated rings. The Morgan fingerprint density at radius 2 is 1.85 bits per heavy atom. The zero-order valence-electron chi connectivity index (χ0n) is 15.9. The highest BCUT2D eigenvalue weighted by Gasteiger charge is 2.17. The Morgan fingerprint density at radius 1 is 1.23 bits per heavy atom. The van der Waals surface area contributed by atoms with Crippen LogP contribution < -0.4 is 14.3 Å². The van der Waals surface area contributed by atoms with E-state index in [0.29, 0.717) is 22.8 Å². The Hall–Kier alpha value is -2.26. The number of methoxy groups -OCH3 is 2. The van der Waals surface area contributed by atoms with Crippen LogP contribution in [0.1, 0.15) is 39.5 Å². The van der Waals surface area contributed by atoms with Gasteiger partial charge in [-0.1, -0.05) is 43.9 Å². The molecule has 140 valence electrons. The standard InChI is InChI=1S/C20H26N2O3S/c1-6-9-14(10-7-2)19(23)21-20-22(11-8-3)15-12-16(24-4)17(25-5)13-18(15)26-20/h3,12-14H,6-7,9-11H2,1-2,4-5H3. The number of hydrogen-bond acceptors (Lipinski definition) is 4. The van der Waals surface area contributed by atoms with Crippen molar-refractivity contribution in [3.05, 3.63) is 16.9 Å². The molecule has 0 atom stereocenters. The molecule has 0 spiro atoms. The number of ether oxygens (including phenoxy) is 2. The van der Waals surface area contributed by atoms with Gasteiger partial charge in [-0.3, -0.25) is 4.79 Å². The van der Waals surface area contributed by atoms with Crippen molar-refractivity contribution in [2.45, 2.75) is 46.1 Å². The zero-order chi connectivity index (χ0) is 19.1. The Bertz CT molecular complexity index is 868. The van der Waals surface area contributed by atoms with Crippen LogP contribution >= 0.6 is 11.3 Å². The molecule has 5 nitrogen and oxygen atoms in total. The minimum absolute atomic E-state index is 0.0291. The van der Waals surface area contributed by atoms with Crippen LogP contribution in [-0.2, 0) is 11.3 Å². The molecule has 0 radical (unpaired) electrons. The molecule has 0 saturated carbocycles. The first-order valence-corrected chi connectivity index (χ1v) is 9.68. The molecule has 0 saturated heterocycles. The summed E-state index contributed by atoms with van der Waals surface area (Å²) < 4.78 is 13.6. The smallest absolute Gasteiger partial charge is 0.251 e. The van der Waals surface area contributed by atoms with Gasteiger partial charge < -0.3 is 14.0 Å². The van der Waals surface area contributed by atoms with Crippen molar-refractivity contribution >= 4 is 27.5 Å².